The molecule has 6 heteroatoms. The molecular formula is C16H27FIN3O. The largest absolute Gasteiger partial charge is 0.380 e. The van der Waals surface area contributed by atoms with Gasteiger partial charge in [-0.2, -0.15) is 0 Å². The van der Waals surface area contributed by atoms with Gasteiger partial charge < -0.3 is 15.0 Å². The quantitative estimate of drug-likeness (QED) is 0.302. The second-order valence-corrected chi connectivity index (χ2v) is 4.93. The van der Waals surface area contributed by atoms with E-state index in [0.29, 0.717) is 19.7 Å². The number of benzene rings is 1. The molecule has 22 heavy (non-hydrogen) atoms. The van der Waals surface area contributed by atoms with Gasteiger partial charge in [-0.15, -0.1) is 24.0 Å². The average molecular weight is 423 g/mol. The lowest BCUT2D eigenvalue weighted by Gasteiger charge is -2.22. The number of rotatable bonds is 8. The molecule has 0 aliphatic heterocycles. The van der Waals surface area contributed by atoms with E-state index in [9.17, 15) is 4.39 Å². The molecule has 0 aliphatic carbocycles. The second-order valence-electron chi connectivity index (χ2n) is 4.93. The van der Waals surface area contributed by atoms with Gasteiger partial charge in [0.2, 0.25) is 0 Å². The van der Waals surface area contributed by atoms with E-state index in [1.165, 1.54) is 12.1 Å². The minimum absolute atomic E-state index is 0. The lowest BCUT2D eigenvalue weighted by Crippen LogP contribution is -2.40. The van der Waals surface area contributed by atoms with Crippen LogP contribution in [-0.2, 0) is 11.3 Å². The molecule has 0 saturated carbocycles. The van der Waals surface area contributed by atoms with E-state index in [-0.39, 0.29) is 29.8 Å². The van der Waals surface area contributed by atoms with E-state index in [1.807, 2.05) is 18.0 Å². The van der Waals surface area contributed by atoms with Crippen molar-refractivity contribution in [2.45, 2.75) is 26.3 Å². The highest BCUT2D eigenvalue weighted by molar-refractivity contribution is 14.0. The Morgan fingerprint density at radius 3 is 2.77 bits per heavy atom. The molecule has 0 aliphatic rings. The van der Waals surface area contributed by atoms with Crippen LogP contribution in [0.4, 0.5) is 4.39 Å². The molecule has 1 N–H and O–H groups in total. The molecule has 1 aromatic rings. The first-order valence-electron chi connectivity index (χ1n) is 7.41. The first-order chi connectivity index (χ1) is 10.2. The Labute approximate surface area is 150 Å². The van der Waals surface area contributed by atoms with Crippen molar-refractivity contribution in [2.24, 2.45) is 4.99 Å². The number of aliphatic imine (C=N–C) groups is 1. The molecule has 1 rings (SSSR count). The Morgan fingerprint density at radius 1 is 1.36 bits per heavy atom. The third-order valence-corrected chi connectivity index (χ3v) is 3.05. The number of nitrogens with zero attached hydrogens (tertiary/aromatic N) is 2. The van der Waals surface area contributed by atoms with Gasteiger partial charge in [0, 0.05) is 33.8 Å². The highest BCUT2D eigenvalue weighted by atomic mass is 127. The summed E-state index contributed by atoms with van der Waals surface area (Å²) in [5.74, 6) is 0.562. The number of hydrogen-bond acceptors (Lipinski definition) is 2. The molecule has 0 saturated heterocycles. The topological polar surface area (TPSA) is 36.9 Å². The molecule has 0 fully saturated rings. The van der Waals surface area contributed by atoms with E-state index < -0.39 is 0 Å². The molecular weight excluding hydrogens is 396 g/mol. The van der Waals surface area contributed by atoms with Gasteiger partial charge in [0.05, 0.1) is 6.61 Å². The zero-order chi connectivity index (χ0) is 15.5. The molecule has 0 aromatic heterocycles. The van der Waals surface area contributed by atoms with Gasteiger partial charge in [-0.3, -0.25) is 4.99 Å². The Morgan fingerprint density at radius 2 is 2.14 bits per heavy atom. The Hall–Kier alpha value is -0.890. The maximum Gasteiger partial charge on any atom is 0.193 e. The average Bonchev–Trinajstić information content (AvgIpc) is 2.46. The van der Waals surface area contributed by atoms with Crippen LogP contribution >= 0.6 is 24.0 Å². The summed E-state index contributed by atoms with van der Waals surface area (Å²) < 4.78 is 18.7. The maximum atomic E-state index is 13.2. The van der Waals surface area contributed by atoms with Gasteiger partial charge >= 0.3 is 0 Å². The lowest BCUT2D eigenvalue weighted by atomic mass is 10.2. The van der Waals surface area contributed by atoms with E-state index >= 15 is 0 Å². The summed E-state index contributed by atoms with van der Waals surface area (Å²) in [6, 6.07) is 6.61. The van der Waals surface area contributed by atoms with Crippen LogP contribution in [0.3, 0.4) is 0 Å². The van der Waals surface area contributed by atoms with Crippen LogP contribution in [0.1, 0.15) is 25.3 Å². The van der Waals surface area contributed by atoms with Crippen LogP contribution < -0.4 is 5.32 Å². The Bertz CT molecular complexity index is 443. The first-order valence-corrected chi connectivity index (χ1v) is 7.41. The number of nitrogens with one attached hydrogen (secondary N) is 1. The van der Waals surface area contributed by atoms with Crippen LogP contribution in [0.15, 0.2) is 29.3 Å². The summed E-state index contributed by atoms with van der Waals surface area (Å²) in [6.45, 7) is 4.92. The molecule has 0 atom stereocenters. The number of unbranched alkanes of at least 4 members (excludes halogenated alkanes) is 1. The minimum atomic E-state index is -0.215. The van der Waals surface area contributed by atoms with Crippen molar-refractivity contribution in [2.75, 3.05) is 33.9 Å². The van der Waals surface area contributed by atoms with Crippen molar-refractivity contribution in [3.63, 3.8) is 0 Å². The smallest absolute Gasteiger partial charge is 0.193 e. The molecule has 0 heterocycles. The normalized spacial score (nSPS) is 11.0. The van der Waals surface area contributed by atoms with Crippen molar-refractivity contribution < 1.29 is 9.13 Å². The second kappa shape index (κ2) is 12.6. The number of hydrogen-bond donors (Lipinski definition) is 1. The maximum absolute atomic E-state index is 13.2. The predicted molar refractivity (Wildman–Crippen MR) is 100 cm³/mol. The van der Waals surface area contributed by atoms with E-state index in [1.54, 1.807) is 13.1 Å². The zero-order valence-electron chi connectivity index (χ0n) is 13.6. The SMILES string of the molecule is CCCCOCCNC(=NC)N(C)Cc1cccc(F)c1.I. The molecule has 4 nitrogen and oxygen atoms in total. The van der Waals surface area contributed by atoms with Crippen LogP contribution in [0.2, 0.25) is 0 Å². The van der Waals surface area contributed by atoms with Crippen LogP contribution in [-0.4, -0.2) is 44.7 Å². The Kier molecular flexibility index (Phi) is 12.1. The molecule has 0 spiro atoms. The summed E-state index contributed by atoms with van der Waals surface area (Å²) in [7, 11) is 3.67. The summed E-state index contributed by atoms with van der Waals surface area (Å²) in [6.07, 6.45) is 2.24. The van der Waals surface area contributed by atoms with Crippen molar-refractivity contribution >= 4 is 29.9 Å². The van der Waals surface area contributed by atoms with E-state index in [4.69, 9.17) is 4.74 Å². The van der Waals surface area contributed by atoms with Gasteiger partial charge in [-0.25, -0.2) is 4.39 Å². The summed E-state index contributed by atoms with van der Waals surface area (Å²) in [5.41, 5.74) is 0.916. The van der Waals surface area contributed by atoms with Gasteiger partial charge in [0.1, 0.15) is 5.82 Å². The number of halogens is 2. The van der Waals surface area contributed by atoms with Crippen molar-refractivity contribution in [1.82, 2.24) is 10.2 Å². The van der Waals surface area contributed by atoms with Gasteiger partial charge in [0.25, 0.3) is 0 Å². The van der Waals surface area contributed by atoms with Crippen LogP contribution in [0.25, 0.3) is 0 Å². The third-order valence-electron chi connectivity index (χ3n) is 3.05. The molecule has 1 aromatic carbocycles. The standard InChI is InChI=1S/C16H26FN3O.HI/c1-4-5-10-21-11-9-19-16(18-2)20(3)13-14-7-6-8-15(17)12-14;/h6-8,12H,4-5,9-11,13H2,1-3H3,(H,18,19);1H. The highest BCUT2D eigenvalue weighted by Gasteiger charge is 2.06. The summed E-state index contributed by atoms with van der Waals surface area (Å²) in [4.78, 5) is 6.18. The first kappa shape index (κ1) is 21.1. The molecule has 0 radical (unpaired) electrons. The lowest BCUT2D eigenvalue weighted by molar-refractivity contribution is 0.135. The van der Waals surface area contributed by atoms with Gasteiger partial charge in [-0.1, -0.05) is 25.5 Å². The monoisotopic (exact) mass is 423 g/mol. The fraction of sp³-hybridized carbons (Fsp3) is 0.562. The summed E-state index contributed by atoms with van der Waals surface area (Å²) >= 11 is 0. The van der Waals surface area contributed by atoms with Gasteiger partial charge in [0.15, 0.2) is 5.96 Å². The molecule has 0 unspecified atom stereocenters. The zero-order valence-corrected chi connectivity index (χ0v) is 16.0. The van der Waals surface area contributed by atoms with Crippen molar-refractivity contribution in [3.05, 3.63) is 35.6 Å². The molecule has 126 valence electrons. The number of guanidine groups is 1. The van der Waals surface area contributed by atoms with E-state index in [2.05, 4.69) is 17.2 Å². The van der Waals surface area contributed by atoms with Gasteiger partial charge in [-0.05, 0) is 24.1 Å². The van der Waals surface area contributed by atoms with Crippen LogP contribution in [0, 0.1) is 5.82 Å². The predicted octanol–water partition coefficient (Wildman–Crippen LogP) is 3.27. The van der Waals surface area contributed by atoms with Crippen molar-refractivity contribution in [1.29, 1.82) is 0 Å². The van der Waals surface area contributed by atoms with E-state index in [0.717, 1.165) is 31.0 Å². The summed E-state index contributed by atoms with van der Waals surface area (Å²) in [5, 5.41) is 3.24. The Balaban J connectivity index is 0.00000441. The fourth-order valence-electron chi connectivity index (χ4n) is 1.95. The van der Waals surface area contributed by atoms with Crippen LogP contribution in [0.5, 0.6) is 0 Å². The fourth-order valence-corrected chi connectivity index (χ4v) is 1.95. The third kappa shape index (κ3) is 8.53. The van der Waals surface area contributed by atoms with Crippen molar-refractivity contribution in [3.8, 4) is 0 Å². The highest BCUT2D eigenvalue weighted by Crippen LogP contribution is 2.06. The minimum Gasteiger partial charge on any atom is -0.380 e. The molecule has 0 bridgehead atoms. The number of ether oxygens (including phenoxy) is 1. The molecule has 0 amide bonds.